The molecule has 1 fully saturated rings. The average molecular weight is 369 g/mol. The van der Waals surface area contributed by atoms with Gasteiger partial charge in [-0.25, -0.2) is 0 Å². The molecule has 110 valence electrons. The molecule has 3 heterocycles. The quantitative estimate of drug-likeness (QED) is 0.818. The van der Waals surface area contributed by atoms with Crippen LogP contribution in [-0.4, -0.2) is 47.8 Å². The normalized spacial score (nSPS) is 15.3. The summed E-state index contributed by atoms with van der Waals surface area (Å²) in [6, 6.07) is 7.04. The lowest BCUT2D eigenvalue weighted by Gasteiger charge is -2.34. The SMILES string of the molecule is O=C(c1ccco1)N1CCN(C(=O)c2ccc(Br)s2)CC1. The van der Waals surface area contributed by atoms with Crippen molar-refractivity contribution in [2.24, 2.45) is 0 Å². The minimum absolute atomic E-state index is 0.0239. The van der Waals surface area contributed by atoms with Crippen LogP contribution in [0.25, 0.3) is 0 Å². The molecule has 21 heavy (non-hydrogen) atoms. The van der Waals surface area contributed by atoms with Crippen LogP contribution in [-0.2, 0) is 0 Å². The van der Waals surface area contributed by atoms with Crippen LogP contribution in [0.4, 0.5) is 0 Å². The molecular formula is C14H13BrN2O3S. The molecule has 3 rings (SSSR count). The molecule has 0 bridgehead atoms. The van der Waals surface area contributed by atoms with Crippen molar-refractivity contribution in [2.75, 3.05) is 26.2 Å². The van der Waals surface area contributed by atoms with E-state index in [9.17, 15) is 9.59 Å². The maximum absolute atomic E-state index is 12.3. The lowest BCUT2D eigenvalue weighted by Crippen LogP contribution is -2.50. The summed E-state index contributed by atoms with van der Waals surface area (Å²) >= 11 is 4.78. The Morgan fingerprint density at radius 2 is 1.71 bits per heavy atom. The Morgan fingerprint density at radius 3 is 2.24 bits per heavy atom. The summed E-state index contributed by atoms with van der Waals surface area (Å²) in [6.45, 7) is 2.14. The second-order valence-electron chi connectivity index (χ2n) is 4.67. The standard InChI is InChI=1S/C14H13BrN2O3S/c15-12-4-3-11(21-12)14(19)17-7-5-16(6-8-17)13(18)10-2-1-9-20-10/h1-4,9H,5-8H2. The van der Waals surface area contributed by atoms with Crippen LogP contribution in [0.5, 0.6) is 0 Å². The van der Waals surface area contributed by atoms with Crippen LogP contribution in [0.3, 0.4) is 0 Å². The van der Waals surface area contributed by atoms with E-state index in [0.717, 1.165) is 3.79 Å². The highest BCUT2D eigenvalue weighted by Crippen LogP contribution is 2.23. The van der Waals surface area contributed by atoms with E-state index in [-0.39, 0.29) is 11.8 Å². The number of halogens is 1. The molecule has 0 aromatic carbocycles. The largest absolute Gasteiger partial charge is 0.459 e. The van der Waals surface area contributed by atoms with E-state index in [1.165, 1.54) is 17.6 Å². The summed E-state index contributed by atoms with van der Waals surface area (Å²) in [7, 11) is 0. The van der Waals surface area contributed by atoms with E-state index in [0.29, 0.717) is 36.8 Å². The maximum Gasteiger partial charge on any atom is 0.289 e. The van der Waals surface area contributed by atoms with Crippen molar-refractivity contribution >= 4 is 39.1 Å². The van der Waals surface area contributed by atoms with E-state index < -0.39 is 0 Å². The Kier molecular flexibility index (Phi) is 4.12. The third-order valence-electron chi connectivity index (χ3n) is 3.37. The van der Waals surface area contributed by atoms with Crippen LogP contribution in [0.15, 0.2) is 38.7 Å². The first kappa shape index (κ1) is 14.3. The highest BCUT2D eigenvalue weighted by molar-refractivity contribution is 9.11. The molecule has 2 aromatic rings. The Labute approximate surface area is 134 Å². The lowest BCUT2D eigenvalue weighted by molar-refractivity contribution is 0.0520. The fourth-order valence-corrected chi connectivity index (χ4v) is 3.61. The highest BCUT2D eigenvalue weighted by atomic mass is 79.9. The number of amides is 2. The molecule has 2 amide bonds. The molecule has 0 saturated carbocycles. The second kappa shape index (κ2) is 6.03. The van der Waals surface area contributed by atoms with Gasteiger partial charge in [0.2, 0.25) is 0 Å². The van der Waals surface area contributed by atoms with E-state index in [1.54, 1.807) is 21.9 Å². The summed E-state index contributed by atoms with van der Waals surface area (Å²) < 4.78 is 6.06. The van der Waals surface area contributed by atoms with E-state index in [4.69, 9.17) is 4.42 Å². The number of hydrogen-bond acceptors (Lipinski definition) is 4. The summed E-state index contributed by atoms with van der Waals surface area (Å²) in [5.41, 5.74) is 0. The van der Waals surface area contributed by atoms with Crippen LogP contribution in [0.1, 0.15) is 20.2 Å². The van der Waals surface area contributed by atoms with Crippen molar-refractivity contribution in [3.8, 4) is 0 Å². The van der Waals surface area contributed by atoms with Crippen molar-refractivity contribution in [2.45, 2.75) is 0 Å². The number of carbonyl (C=O) groups is 2. The second-order valence-corrected chi connectivity index (χ2v) is 7.13. The maximum atomic E-state index is 12.3. The molecule has 2 aromatic heterocycles. The number of hydrogen-bond donors (Lipinski definition) is 0. The van der Waals surface area contributed by atoms with Crippen molar-refractivity contribution in [1.29, 1.82) is 0 Å². The van der Waals surface area contributed by atoms with Crippen molar-refractivity contribution < 1.29 is 14.0 Å². The van der Waals surface area contributed by atoms with E-state index >= 15 is 0 Å². The van der Waals surface area contributed by atoms with Gasteiger partial charge < -0.3 is 14.2 Å². The summed E-state index contributed by atoms with van der Waals surface area (Å²) in [5, 5.41) is 0. The van der Waals surface area contributed by atoms with Gasteiger partial charge in [-0.3, -0.25) is 9.59 Å². The van der Waals surface area contributed by atoms with E-state index in [2.05, 4.69) is 15.9 Å². The van der Waals surface area contributed by atoms with Gasteiger partial charge in [-0.1, -0.05) is 0 Å². The van der Waals surface area contributed by atoms with Crippen LogP contribution >= 0.6 is 27.3 Å². The zero-order valence-electron chi connectivity index (χ0n) is 11.1. The molecular weight excluding hydrogens is 356 g/mol. The van der Waals surface area contributed by atoms with Gasteiger partial charge in [-0.05, 0) is 40.2 Å². The van der Waals surface area contributed by atoms with Gasteiger partial charge in [0.1, 0.15) is 0 Å². The Bertz CT molecular complexity index is 645. The third kappa shape index (κ3) is 3.03. The predicted molar refractivity (Wildman–Crippen MR) is 82.5 cm³/mol. The van der Waals surface area contributed by atoms with Crippen LogP contribution in [0.2, 0.25) is 0 Å². The molecule has 0 spiro atoms. The topological polar surface area (TPSA) is 53.8 Å². The number of furan rings is 1. The molecule has 0 aliphatic carbocycles. The predicted octanol–water partition coefficient (Wildman–Crippen LogP) is 2.70. The minimum atomic E-state index is -0.119. The van der Waals surface area contributed by atoms with Gasteiger partial charge in [0.15, 0.2) is 5.76 Å². The Morgan fingerprint density at radius 1 is 1.05 bits per heavy atom. The van der Waals surface area contributed by atoms with E-state index in [1.807, 2.05) is 12.1 Å². The summed E-state index contributed by atoms with van der Waals surface area (Å²) in [6.07, 6.45) is 1.49. The zero-order valence-corrected chi connectivity index (χ0v) is 13.5. The van der Waals surface area contributed by atoms with Gasteiger partial charge in [0.05, 0.1) is 14.9 Å². The van der Waals surface area contributed by atoms with Crippen LogP contribution in [0, 0.1) is 0 Å². The number of rotatable bonds is 2. The molecule has 0 unspecified atom stereocenters. The van der Waals surface area contributed by atoms with Crippen molar-refractivity contribution in [1.82, 2.24) is 9.80 Å². The third-order valence-corrected chi connectivity index (χ3v) is 4.98. The molecule has 1 aliphatic heterocycles. The van der Waals surface area contributed by atoms with Crippen molar-refractivity contribution in [3.05, 3.63) is 45.0 Å². The highest BCUT2D eigenvalue weighted by Gasteiger charge is 2.27. The Hall–Kier alpha value is -1.60. The van der Waals surface area contributed by atoms with Crippen LogP contribution < -0.4 is 0 Å². The minimum Gasteiger partial charge on any atom is -0.459 e. The number of carbonyl (C=O) groups excluding carboxylic acids is 2. The molecule has 1 aliphatic rings. The Balaban J connectivity index is 1.60. The van der Waals surface area contributed by atoms with Gasteiger partial charge in [-0.15, -0.1) is 11.3 Å². The van der Waals surface area contributed by atoms with Gasteiger partial charge in [0, 0.05) is 26.2 Å². The number of piperazine rings is 1. The molecule has 7 heteroatoms. The van der Waals surface area contributed by atoms with Gasteiger partial charge in [-0.2, -0.15) is 0 Å². The fraction of sp³-hybridized carbons (Fsp3) is 0.286. The van der Waals surface area contributed by atoms with Crippen molar-refractivity contribution in [3.63, 3.8) is 0 Å². The average Bonchev–Trinajstić information content (AvgIpc) is 3.17. The summed E-state index contributed by atoms with van der Waals surface area (Å²) in [4.78, 5) is 28.7. The summed E-state index contributed by atoms with van der Waals surface area (Å²) in [5.74, 6) is 0.249. The van der Waals surface area contributed by atoms with Gasteiger partial charge >= 0.3 is 0 Å². The monoisotopic (exact) mass is 368 g/mol. The molecule has 5 nitrogen and oxygen atoms in total. The first-order valence-corrected chi connectivity index (χ1v) is 8.13. The number of nitrogens with zero attached hydrogens (tertiary/aromatic N) is 2. The molecule has 0 radical (unpaired) electrons. The first-order valence-electron chi connectivity index (χ1n) is 6.52. The fourth-order valence-electron chi connectivity index (χ4n) is 2.25. The molecule has 0 N–H and O–H groups in total. The van der Waals surface area contributed by atoms with Gasteiger partial charge in [0.25, 0.3) is 11.8 Å². The number of thiophene rings is 1. The smallest absolute Gasteiger partial charge is 0.289 e. The first-order chi connectivity index (χ1) is 10.1. The zero-order chi connectivity index (χ0) is 14.8. The lowest BCUT2D eigenvalue weighted by atomic mass is 10.2. The molecule has 1 saturated heterocycles. The molecule has 0 atom stereocenters.